The third-order valence-corrected chi connectivity index (χ3v) is 2.00. The Morgan fingerprint density at radius 2 is 2.00 bits per heavy atom. The normalized spacial score (nSPS) is 9.39. The number of hydrogen-bond acceptors (Lipinski definition) is 4. The Labute approximate surface area is 105 Å². The van der Waals surface area contributed by atoms with E-state index in [1.165, 1.54) is 0 Å². The van der Waals surface area contributed by atoms with Crippen molar-refractivity contribution in [3.63, 3.8) is 0 Å². The van der Waals surface area contributed by atoms with Crippen LogP contribution in [0.4, 0.5) is 15.3 Å². The maximum absolute atomic E-state index is 11.8. The minimum Gasteiger partial charge on any atom is -0.449 e. The van der Waals surface area contributed by atoms with Crippen molar-refractivity contribution in [3.8, 4) is 0 Å². The molecule has 1 rings (SSSR count). The molecule has 0 fully saturated rings. The second kappa shape index (κ2) is 7.05. The Morgan fingerprint density at radius 1 is 1.33 bits per heavy atom. The minimum absolute atomic E-state index is 0.156. The molecule has 0 spiro atoms. The smallest absolute Gasteiger partial charge is 0.422 e. The number of benzene rings is 1. The molecule has 1 aromatic rings. The Kier molecular flexibility index (Phi) is 5.37. The summed E-state index contributed by atoms with van der Waals surface area (Å²) in [4.78, 5) is 34.5. The van der Waals surface area contributed by atoms with E-state index >= 15 is 0 Å². The molecule has 1 aromatic carbocycles. The molecule has 3 amide bonds. The van der Waals surface area contributed by atoms with Gasteiger partial charge in [0.1, 0.15) is 6.29 Å². The highest BCUT2D eigenvalue weighted by atomic mass is 16.6. The van der Waals surface area contributed by atoms with Gasteiger partial charge in [0.05, 0.1) is 18.8 Å². The highest BCUT2D eigenvalue weighted by Gasteiger charge is 2.24. The summed E-state index contributed by atoms with van der Waals surface area (Å²) in [6, 6.07) is 7.63. The van der Waals surface area contributed by atoms with Crippen molar-refractivity contribution in [2.75, 3.05) is 18.1 Å². The Hall–Kier alpha value is -2.37. The molecule has 0 aromatic heterocycles. The molecule has 0 aliphatic heterocycles. The molecule has 0 atom stereocenters. The Morgan fingerprint density at radius 3 is 2.56 bits per heavy atom. The van der Waals surface area contributed by atoms with Crippen molar-refractivity contribution >= 4 is 24.1 Å². The molecule has 0 heterocycles. The lowest BCUT2D eigenvalue weighted by molar-refractivity contribution is -0.107. The van der Waals surface area contributed by atoms with Crippen LogP contribution in [0.5, 0.6) is 0 Å². The molecule has 0 aliphatic rings. The zero-order chi connectivity index (χ0) is 13.4. The second-order valence-corrected chi connectivity index (χ2v) is 3.22. The summed E-state index contributed by atoms with van der Waals surface area (Å²) in [5, 5.41) is 2.29. The van der Waals surface area contributed by atoms with Gasteiger partial charge in [0.15, 0.2) is 0 Å². The lowest BCUT2D eigenvalue weighted by atomic mass is 10.3. The average Bonchev–Trinajstić information content (AvgIpc) is 2.38. The fourth-order valence-electron chi connectivity index (χ4n) is 1.28. The van der Waals surface area contributed by atoms with E-state index in [1.807, 2.05) is 0 Å². The maximum atomic E-state index is 11.8. The monoisotopic (exact) mass is 250 g/mol. The summed E-state index contributed by atoms with van der Waals surface area (Å²) in [6.45, 7) is 1.63. The standard InChI is InChI=1S/C12H14N2O4/c1-2-18-12(17)14(11(16)13-8-9-15)10-6-4-3-5-7-10/h3-7,9H,2,8H2,1H3,(H,13,16). The highest BCUT2D eigenvalue weighted by molar-refractivity contribution is 6.11. The van der Waals surface area contributed by atoms with Crippen molar-refractivity contribution in [1.29, 1.82) is 0 Å². The third kappa shape index (κ3) is 3.58. The van der Waals surface area contributed by atoms with Crippen LogP contribution in [0.2, 0.25) is 0 Å². The topological polar surface area (TPSA) is 75.7 Å². The van der Waals surface area contributed by atoms with E-state index in [0.29, 0.717) is 12.0 Å². The summed E-state index contributed by atoms with van der Waals surface area (Å²) in [7, 11) is 0. The molecular formula is C12H14N2O4. The number of anilines is 1. The van der Waals surface area contributed by atoms with Crippen molar-refractivity contribution in [3.05, 3.63) is 30.3 Å². The van der Waals surface area contributed by atoms with E-state index in [-0.39, 0.29) is 13.2 Å². The highest BCUT2D eigenvalue weighted by Crippen LogP contribution is 2.14. The summed E-state index contributed by atoms with van der Waals surface area (Å²) >= 11 is 0. The van der Waals surface area contributed by atoms with E-state index in [9.17, 15) is 14.4 Å². The second-order valence-electron chi connectivity index (χ2n) is 3.22. The van der Waals surface area contributed by atoms with Crippen LogP contribution < -0.4 is 10.2 Å². The van der Waals surface area contributed by atoms with Crippen LogP contribution in [-0.2, 0) is 9.53 Å². The fourth-order valence-corrected chi connectivity index (χ4v) is 1.28. The molecule has 0 radical (unpaired) electrons. The van der Waals surface area contributed by atoms with Crippen molar-refractivity contribution in [1.82, 2.24) is 5.32 Å². The number of imide groups is 1. The first-order valence-electron chi connectivity index (χ1n) is 5.44. The lowest BCUT2D eigenvalue weighted by Crippen LogP contribution is -2.44. The molecule has 0 aliphatic carbocycles. The molecule has 0 saturated carbocycles. The predicted octanol–water partition coefficient (Wildman–Crippen LogP) is 1.56. The molecule has 0 unspecified atom stereocenters. The first-order valence-corrected chi connectivity index (χ1v) is 5.44. The van der Waals surface area contributed by atoms with Gasteiger partial charge in [0.2, 0.25) is 0 Å². The quantitative estimate of drug-likeness (QED) is 0.823. The molecule has 6 nitrogen and oxygen atoms in total. The predicted molar refractivity (Wildman–Crippen MR) is 65.4 cm³/mol. The van der Waals surface area contributed by atoms with E-state index in [0.717, 1.165) is 4.90 Å². The van der Waals surface area contributed by atoms with Gasteiger partial charge in [0, 0.05) is 0 Å². The molecule has 96 valence electrons. The number of carbonyl (C=O) groups excluding carboxylic acids is 3. The first-order chi connectivity index (χ1) is 8.70. The van der Waals surface area contributed by atoms with Gasteiger partial charge in [-0.25, -0.2) is 9.59 Å². The number of urea groups is 1. The lowest BCUT2D eigenvalue weighted by Gasteiger charge is -2.19. The van der Waals surface area contributed by atoms with E-state index < -0.39 is 12.1 Å². The summed E-state index contributed by atoms with van der Waals surface area (Å²) in [5.41, 5.74) is 0.374. The number of nitrogens with one attached hydrogen (secondary N) is 1. The van der Waals surface area contributed by atoms with Gasteiger partial charge < -0.3 is 14.8 Å². The zero-order valence-electron chi connectivity index (χ0n) is 9.96. The van der Waals surface area contributed by atoms with Gasteiger partial charge in [-0.1, -0.05) is 18.2 Å². The number of para-hydroxylation sites is 1. The van der Waals surface area contributed by atoms with Crippen LogP contribution in [-0.4, -0.2) is 31.6 Å². The van der Waals surface area contributed by atoms with Gasteiger partial charge in [-0.2, -0.15) is 4.90 Å². The molecule has 0 saturated heterocycles. The van der Waals surface area contributed by atoms with E-state index in [2.05, 4.69) is 5.32 Å². The van der Waals surface area contributed by atoms with Gasteiger partial charge in [-0.05, 0) is 19.1 Å². The van der Waals surface area contributed by atoms with E-state index in [1.54, 1.807) is 37.3 Å². The van der Waals surface area contributed by atoms with Crippen LogP contribution in [0, 0.1) is 0 Å². The van der Waals surface area contributed by atoms with Crippen LogP contribution in [0.1, 0.15) is 6.92 Å². The van der Waals surface area contributed by atoms with Gasteiger partial charge >= 0.3 is 12.1 Å². The van der Waals surface area contributed by atoms with Crippen molar-refractivity contribution in [2.24, 2.45) is 0 Å². The van der Waals surface area contributed by atoms with Crippen LogP contribution in [0.15, 0.2) is 30.3 Å². The number of ether oxygens (including phenoxy) is 1. The van der Waals surface area contributed by atoms with Gasteiger partial charge in [-0.3, -0.25) is 0 Å². The molecule has 1 N–H and O–H groups in total. The van der Waals surface area contributed by atoms with Gasteiger partial charge in [0.25, 0.3) is 0 Å². The number of aldehydes is 1. The van der Waals surface area contributed by atoms with Crippen LogP contribution in [0.3, 0.4) is 0 Å². The average molecular weight is 250 g/mol. The SMILES string of the molecule is CCOC(=O)N(C(=O)NCC=O)c1ccccc1. The summed E-state index contributed by atoms with van der Waals surface area (Å²) in [5.74, 6) is 0. The molecular weight excluding hydrogens is 236 g/mol. The van der Waals surface area contributed by atoms with E-state index in [4.69, 9.17) is 4.74 Å². The number of rotatable bonds is 4. The largest absolute Gasteiger partial charge is 0.449 e. The maximum Gasteiger partial charge on any atom is 0.422 e. The van der Waals surface area contributed by atoms with Crippen molar-refractivity contribution in [2.45, 2.75) is 6.92 Å². The van der Waals surface area contributed by atoms with Gasteiger partial charge in [-0.15, -0.1) is 0 Å². The van der Waals surface area contributed by atoms with Crippen LogP contribution in [0.25, 0.3) is 0 Å². The minimum atomic E-state index is -0.785. The Balaban J connectivity index is 2.91. The molecule has 18 heavy (non-hydrogen) atoms. The Bertz CT molecular complexity index is 419. The van der Waals surface area contributed by atoms with Crippen LogP contribution >= 0.6 is 0 Å². The number of hydrogen-bond donors (Lipinski definition) is 1. The third-order valence-electron chi connectivity index (χ3n) is 2.00. The fraction of sp³-hybridized carbons (Fsp3) is 0.250. The number of nitrogens with zero attached hydrogens (tertiary/aromatic N) is 1. The number of amides is 3. The molecule has 0 bridgehead atoms. The van der Waals surface area contributed by atoms with Crippen molar-refractivity contribution < 1.29 is 19.1 Å². The zero-order valence-corrected chi connectivity index (χ0v) is 9.96. The summed E-state index contributed by atoms with van der Waals surface area (Å²) < 4.78 is 4.80. The number of carbonyl (C=O) groups is 3. The summed E-state index contributed by atoms with van der Waals surface area (Å²) in [6.07, 6.45) is -0.251. The first kappa shape index (κ1) is 13.7. The molecule has 6 heteroatoms.